The van der Waals surface area contributed by atoms with Gasteiger partial charge < -0.3 is 19.4 Å². The summed E-state index contributed by atoms with van der Waals surface area (Å²) in [6, 6.07) is 11.2. The Labute approximate surface area is 331 Å². The molecule has 0 radical (unpaired) electrons. The van der Waals surface area contributed by atoms with E-state index in [1.54, 1.807) is 0 Å². The Balaban J connectivity index is 2.45. The molecule has 11 nitrogen and oxygen atoms in total. The number of H-pyrrole nitrogens is 1. The first-order valence-electron chi connectivity index (χ1n) is 20.2. The molecule has 0 saturated carbocycles. The van der Waals surface area contributed by atoms with E-state index in [4.69, 9.17) is 20.0 Å². The number of anilines is 1. The van der Waals surface area contributed by atoms with Crippen LogP contribution in [0.5, 0.6) is 0 Å². The lowest BCUT2D eigenvalue weighted by Crippen LogP contribution is -2.59. The van der Waals surface area contributed by atoms with E-state index in [0.29, 0.717) is 31.6 Å². The van der Waals surface area contributed by atoms with Crippen molar-refractivity contribution in [1.29, 1.82) is 10.5 Å². The Bertz CT molecular complexity index is 1660. The van der Waals surface area contributed by atoms with Crippen molar-refractivity contribution in [2.45, 2.75) is 141 Å². The van der Waals surface area contributed by atoms with Crippen LogP contribution in [0.15, 0.2) is 34.5 Å². The highest BCUT2D eigenvalue weighted by Gasteiger charge is 2.65. The Kier molecular flexibility index (Phi) is 16.3. The number of nitrogens with zero attached hydrogens (tertiary/aromatic N) is 6. The molecule has 1 aromatic carbocycles. The number of hydrogen-bond donors (Lipinski definition) is 1. The Morgan fingerprint density at radius 1 is 0.782 bits per heavy atom. The molecule has 55 heavy (non-hydrogen) atoms. The van der Waals surface area contributed by atoms with Crippen molar-refractivity contribution < 1.29 is 19.1 Å². The number of benzene rings is 1. The molecule has 0 fully saturated rings. The van der Waals surface area contributed by atoms with Crippen LogP contribution in [0.25, 0.3) is 0 Å². The molecule has 0 bridgehead atoms. The summed E-state index contributed by atoms with van der Waals surface area (Å²) in [4.78, 5) is 37.7. The topological polar surface area (TPSA) is 157 Å². The third-order valence-corrected chi connectivity index (χ3v) is 13.9. The fourth-order valence-electron chi connectivity index (χ4n) is 9.39. The summed E-state index contributed by atoms with van der Waals surface area (Å²) >= 11 is 0. The molecular weight excluding hydrogens is 691 g/mol. The Morgan fingerprint density at radius 3 is 1.82 bits per heavy atom. The second-order valence-corrected chi connectivity index (χ2v) is 17.0. The largest absolute Gasteiger partial charge is 0.469 e. The van der Waals surface area contributed by atoms with Crippen LogP contribution in [0.1, 0.15) is 153 Å². The van der Waals surface area contributed by atoms with Crippen molar-refractivity contribution in [3.05, 3.63) is 35.7 Å². The van der Waals surface area contributed by atoms with Crippen LogP contribution in [0.3, 0.4) is 0 Å². The molecule has 0 saturated heterocycles. The summed E-state index contributed by atoms with van der Waals surface area (Å²) in [7, 11) is 1.51. The summed E-state index contributed by atoms with van der Waals surface area (Å²) in [5.41, 5.74) is -1.39. The summed E-state index contributed by atoms with van der Waals surface area (Å²) < 4.78 is 12.0. The highest BCUT2D eigenvalue weighted by atomic mass is 16.5. The molecule has 1 heterocycles. The standard InChI is InChI=1S/C44H69N7O4/c1-15-39(8,9)30-42(13,36(52)54-14)44(19-5,20-6)43(17-3,18-4)31-41(12,40(10,11)16-2)37(53)55-27-26-51(21-7)33-24-22-32(23-25-33)49-50-38-47-34(28-45)35(29-46)48-38/h22-25H,15-21,26-27,30-31H2,1-14H3,(H,47,48). The van der Waals surface area contributed by atoms with E-state index >= 15 is 0 Å². The van der Waals surface area contributed by atoms with Crippen LogP contribution in [0.2, 0.25) is 0 Å². The van der Waals surface area contributed by atoms with Gasteiger partial charge in [-0.15, -0.1) is 10.2 Å². The van der Waals surface area contributed by atoms with E-state index in [2.05, 4.69) is 115 Å². The van der Waals surface area contributed by atoms with Crippen molar-refractivity contribution in [1.82, 2.24) is 9.97 Å². The molecule has 2 rings (SSSR count). The highest BCUT2D eigenvalue weighted by Crippen LogP contribution is 2.67. The lowest BCUT2D eigenvalue weighted by molar-refractivity contribution is -0.193. The quantitative estimate of drug-likeness (QED) is 0.0918. The molecule has 1 aromatic heterocycles. The second-order valence-electron chi connectivity index (χ2n) is 17.0. The van der Waals surface area contributed by atoms with E-state index in [1.807, 2.05) is 36.4 Å². The predicted octanol–water partition coefficient (Wildman–Crippen LogP) is 11.4. The number of methoxy groups -OCH3 is 1. The minimum atomic E-state index is -0.847. The summed E-state index contributed by atoms with van der Waals surface area (Å²) in [6.45, 7) is 29.8. The summed E-state index contributed by atoms with van der Waals surface area (Å²) in [5.74, 6) is -0.292. The molecular formula is C44H69N7O4. The van der Waals surface area contributed by atoms with Crippen LogP contribution in [-0.4, -0.2) is 48.7 Å². The van der Waals surface area contributed by atoms with Crippen molar-refractivity contribution in [2.75, 3.05) is 31.7 Å². The third-order valence-electron chi connectivity index (χ3n) is 13.9. The number of nitrogens with one attached hydrogen (secondary N) is 1. The number of imidazole rings is 1. The first-order chi connectivity index (χ1) is 25.8. The zero-order chi connectivity index (χ0) is 41.9. The SMILES string of the molecule is CCN(CCOC(=O)C(C)(CC(CC)(CC)C(CC)(CC)C(C)(CC(C)(C)CC)C(=O)OC)C(C)(C)CC)c1ccc(N=Nc2nc(C#N)c(C#N)[nH]2)cc1. The zero-order valence-corrected chi connectivity index (χ0v) is 36.4. The molecule has 0 amide bonds. The number of hydrogen-bond acceptors (Lipinski definition) is 10. The average Bonchev–Trinajstić information content (AvgIpc) is 3.60. The number of azo groups is 1. The van der Waals surface area contributed by atoms with Crippen molar-refractivity contribution >= 4 is 29.3 Å². The number of aromatic nitrogens is 2. The molecule has 0 spiro atoms. The summed E-state index contributed by atoms with van der Waals surface area (Å²) in [5, 5.41) is 26.5. The highest BCUT2D eigenvalue weighted by molar-refractivity contribution is 5.79. The number of ether oxygens (including phenoxy) is 2. The number of carbonyl (C=O) groups excluding carboxylic acids is 2. The summed E-state index contributed by atoms with van der Waals surface area (Å²) in [6.07, 6.45) is 6.21. The van der Waals surface area contributed by atoms with Crippen LogP contribution in [-0.2, 0) is 19.1 Å². The Hall–Kier alpha value is -4.25. The van der Waals surface area contributed by atoms with Gasteiger partial charge in [0.05, 0.1) is 30.2 Å². The van der Waals surface area contributed by atoms with Gasteiger partial charge in [-0.05, 0) is 112 Å². The normalized spacial score (nSPS) is 14.8. The van der Waals surface area contributed by atoms with E-state index < -0.39 is 21.7 Å². The van der Waals surface area contributed by atoms with Gasteiger partial charge in [0.2, 0.25) is 5.95 Å². The number of rotatable bonds is 22. The molecule has 2 unspecified atom stereocenters. The minimum Gasteiger partial charge on any atom is -0.469 e. The molecule has 0 aliphatic rings. The van der Waals surface area contributed by atoms with Crippen LogP contribution < -0.4 is 4.90 Å². The average molecular weight is 760 g/mol. The van der Waals surface area contributed by atoms with E-state index in [9.17, 15) is 9.59 Å². The monoisotopic (exact) mass is 760 g/mol. The number of carbonyl (C=O) groups is 2. The van der Waals surface area contributed by atoms with Crippen LogP contribution in [0, 0.1) is 55.2 Å². The van der Waals surface area contributed by atoms with Crippen molar-refractivity contribution in [2.24, 2.45) is 42.7 Å². The van der Waals surface area contributed by atoms with Gasteiger partial charge in [-0.3, -0.25) is 9.59 Å². The smallest absolute Gasteiger partial charge is 0.312 e. The zero-order valence-electron chi connectivity index (χ0n) is 36.4. The number of nitriles is 2. The van der Waals surface area contributed by atoms with Gasteiger partial charge >= 0.3 is 11.9 Å². The second kappa shape index (κ2) is 19.1. The molecule has 11 heteroatoms. The molecule has 0 aliphatic carbocycles. The first kappa shape index (κ1) is 46.9. The first-order valence-corrected chi connectivity index (χ1v) is 20.2. The maximum atomic E-state index is 14.7. The van der Waals surface area contributed by atoms with Gasteiger partial charge in [0.25, 0.3) is 0 Å². The molecule has 2 aromatic rings. The number of likely N-dealkylation sites (N-methyl/N-ethyl adjacent to an activating group) is 1. The molecule has 1 N–H and O–H groups in total. The number of aromatic amines is 1. The molecule has 304 valence electrons. The minimum absolute atomic E-state index is 0.0252. The third kappa shape index (κ3) is 9.42. The maximum absolute atomic E-state index is 14.7. The Morgan fingerprint density at radius 2 is 1.38 bits per heavy atom. The van der Waals surface area contributed by atoms with E-state index in [0.717, 1.165) is 44.2 Å². The van der Waals surface area contributed by atoms with Crippen LogP contribution >= 0.6 is 0 Å². The number of esters is 2. The van der Waals surface area contributed by atoms with E-state index in [-0.39, 0.29) is 46.7 Å². The molecule has 0 aliphatic heterocycles. The van der Waals surface area contributed by atoms with Gasteiger partial charge in [-0.25, -0.2) is 0 Å². The van der Waals surface area contributed by atoms with Gasteiger partial charge in [-0.1, -0.05) is 75.7 Å². The fraction of sp³-hybridized carbons (Fsp3) is 0.705. The lowest BCUT2D eigenvalue weighted by Gasteiger charge is -2.62. The van der Waals surface area contributed by atoms with Gasteiger partial charge in [0.15, 0.2) is 11.4 Å². The van der Waals surface area contributed by atoms with Crippen molar-refractivity contribution in [3.63, 3.8) is 0 Å². The van der Waals surface area contributed by atoms with E-state index in [1.165, 1.54) is 7.11 Å². The fourth-order valence-corrected chi connectivity index (χ4v) is 9.39. The maximum Gasteiger partial charge on any atom is 0.312 e. The predicted molar refractivity (Wildman–Crippen MR) is 219 cm³/mol. The van der Waals surface area contributed by atoms with Gasteiger partial charge in [0.1, 0.15) is 18.7 Å². The van der Waals surface area contributed by atoms with Gasteiger partial charge in [-0.2, -0.15) is 15.5 Å². The van der Waals surface area contributed by atoms with Crippen LogP contribution in [0.4, 0.5) is 17.3 Å². The lowest BCUT2D eigenvalue weighted by atomic mass is 9.41. The van der Waals surface area contributed by atoms with Gasteiger partial charge in [0, 0.05) is 12.2 Å². The molecule has 2 atom stereocenters. The van der Waals surface area contributed by atoms with Crippen molar-refractivity contribution in [3.8, 4) is 12.1 Å².